The fourth-order valence-electron chi connectivity index (χ4n) is 2.12. The van der Waals surface area contributed by atoms with Crippen LogP contribution < -0.4 is 4.90 Å². The Morgan fingerprint density at radius 2 is 2.05 bits per heavy atom. The average Bonchev–Trinajstić information content (AvgIpc) is 2.93. The molecule has 114 valence electrons. The summed E-state index contributed by atoms with van der Waals surface area (Å²) in [7, 11) is 1.65. The fourth-order valence-corrected chi connectivity index (χ4v) is 2.51. The predicted octanol–water partition coefficient (Wildman–Crippen LogP) is 4.28. The van der Waals surface area contributed by atoms with Crippen molar-refractivity contribution in [1.29, 1.82) is 0 Å². The third kappa shape index (κ3) is 2.66. The number of hydrogen-bond acceptors (Lipinski definition) is 3. The van der Waals surface area contributed by atoms with Gasteiger partial charge in [0.25, 0.3) is 0 Å². The highest BCUT2D eigenvalue weighted by Crippen LogP contribution is 2.33. The van der Waals surface area contributed by atoms with Crippen molar-refractivity contribution in [2.24, 2.45) is 0 Å². The van der Waals surface area contributed by atoms with Crippen molar-refractivity contribution in [3.63, 3.8) is 0 Å². The molecule has 0 unspecified atom stereocenters. The van der Waals surface area contributed by atoms with Crippen LogP contribution >= 0.6 is 15.9 Å². The molecule has 0 radical (unpaired) electrons. The van der Waals surface area contributed by atoms with Crippen molar-refractivity contribution in [2.45, 2.75) is 6.18 Å². The van der Waals surface area contributed by atoms with Crippen LogP contribution in [0, 0.1) is 0 Å². The molecule has 0 N–H and O–H groups in total. The Hall–Kier alpha value is -2.09. The third-order valence-corrected chi connectivity index (χ3v) is 3.59. The van der Waals surface area contributed by atoms with Crippen LogP contribution in [0.4, 0.5) is 24.7 Å². The van der Waals surface area contributed by atoms with E-state index in [1.165, 1.54) is 6.07 Å². The lowest BCUT2D eigenvalue weighted by molar-refractivity contribution is -0.137. The average molecular weight is 371 g/mol. The maximum Gasteiger partial charge on any atom is 0.416 e. The summed E-state index contributed by atoms with van der Waals surface area (Å²) in [6, 6.07) is 5.09. The van der Waals surface area contributed by atoms with E-state index in [2.05, 4.69) is 25.9 Å². The second kappa shape index (κ2) is 5.28. The molecule has 0 atom stereocenters. The zero-order valence-corrected chi connectivity index (χ0v) is 12.9. The Balaban J connectivity index is 2.10. The van der Waals surface area contributed by atoms with Crippen molar-refractivity contribution in [2.75, 3.05) is 11.9 Å². The normalized spacial score (nSPS) is 11.9. The molecule has 8 heteroatoms. The summed E-state index contributed by atoms with van der Waals surface area (Å²) in [5.74, 6) is 0.457. The summed E-state index contributed by atoms with van der Waals surface area (Å²) in [5, 5.41) is 0. The molecule has 0 saturated heterocycles. The van der Waals surface area contributed by atoms with Crippen molar-refractivity contribution < 1.29 is 13.2 Å². The van der Waals surface area contributed by atoms with Gasteiger partial charge in [0.15, 0.2) is 11.5 Å². The molecule has 0 fully saturated rings. The molecule has 22 heavy (non-hydrogen) atoms. The molecule has 1 aromatic carbocycles. The lowest BCUT2D eigenvalue weighted by Gasteiger charge is -2.20. The molecular formula is C14H10BrF3N4. The van der Waals surface area contributed by atoms with E-state index in [4.69, 9.17) is 0 Å². The van der Waals surface area contributed by atoms with Gasteiger partial charge in [0.2, 0.25) is 0 Å². The fraction of sp³-hybridized carbons (Fsp3) is 0.143. The lowest BCUT2D eigenvalue weighted by Crippen LogP contribution is -2.14. The van der Waals surface area contributed by atoms with Gasteiger partial charge in [-0.05, 0) is 34.1 Å². The highest BCUT2D eigenvalue weighted by Gasteiger charge is 2.30. The van der Waals surface area contributed by atoms with Crippen LogP contribution in [0.1, 0.15) is 5.56 Å². The van der Waals surface area contributed by atoms with Gasteiger partial charge in [-0.15, -0.1) is 0 Å². The number of alkyl halides is 3. The Morgan fingerprint density at radius 3 is 2.77 bits per heavy atom. The number of hydrogen-bond donors (Lipinski definition) is 0. The molecule has 4 nitrogen and oxygen atoms in total. The number of benzene rings is 1. The van der Waals surface area contributed by atoms with Crippen LogP contribution in [0.2, 0.25) is 0 Å². The van der Waals surface area contributed by atoms with E-state index in [1.807, 2.05) is 0 Å². The van der Waals surface area contributed by atoms with Gasteiger partial charge in [0.1, 0.15) is 4.60 Å². The quantitative estimate of drug-likeness (QED) is 0.674. The summed E-state index contributed by atoms with van der Waals surface area (Å²) in [6.07, 6.45) is 0.689. The van der Waals surface area contributed by atoms with Gasteiger partial charge in [0, 0.05) is 31.3 Å². The van der Waals surface area contributed by atoms with Crippen molar-refractivity contribution >= 4 is 33.1 Å². The minimum atomic E-state index is -4.38. The number of imidazole rings is 1. The Labute approximate surface area is 132 Å². The molecule has 0 saturated carbocycles. The van der Waals surface area contributed by atoms with Crippen molar-refractivity contribution in [3.8, 4) is 0 Å². The minimum absolute atomic E-state index is 0.380. The number of halogens is 4. The Morgan fingerprint density at radius 1 is 1.27 bits per heavy atom. The van der Waals surface area contributed by atoms with Gasteiger partial charge >= 0.3 is 6.18 Å². The Bertz CT molecular complexity index is 828. The molecule has 0 spiro atoms. The zero-order valence-electron chi connectivity index (χ0n) is 11.3. The molecule has 0 amide bonds. The van der Waals surface area contributed by atoms with E-state index < -0.39 is 11.7 Å². The number of fused-ring (bicyclic) bond motifs is 1. The van der Waals surface area contributed by atoms with Gasteiger partial charge in [-0.3, -0.25) is 0 Å². The van der Waals surface area contributed by atoms with E-state index in [9.17, 15) is 13.2 Å². The second-order valence-electron chi connectivity index (χ2n) is 4.65. The summed E-state index contributed by atoms with van der Waals surface area (Å²) in [6.45, 7) is 0. The first-order valence-corrected chi connectivity index (χ1v) is 7.06. The first-order valence-electron chi connectivity index (χ1n) is 6.26. The van der Waals surface area contributed by atoms with E-state index in [0.717, 1.165) is 12.1 Å². The number of anilines is 2. The van der Waals surface area contributed by atoms with Crippen LogP contribution in [0.3, 0.4) is 0 Å². The Kier molecular flexibility index (Phi) is 3.56. The van der Waals surface area contributed by atoms with Gasteiger partial charge in [-0.2, -0.15) is 13.2 Å². The van der Waals surface area contributed by atoms with Gasteiger partial charge < -0.3 is 9.30 Å². The topological polar surface area (TPSA) is 33.4 Å². The van der Waals surface area contributed by atoms with Crippen LogP contribution in [-0.4, -0.2) is 21.4 Å². The minimum Gasteiger partial charge on any atom is -0.326 e. The molecule has 0 aliphatic carbocycles. The first kappa shape index (κ1) is 14.8. The van der Waals surface area contributed by atoms with E-state index in [0.29, 0.717) is 21.8 Å². The smallest absolute Gasteiger partial charge is 0.326 e. The molecular weight excluding hydrogens is 361 g/mol. The number of aromatic nitrogens is 3. The second-order valence-corrected chi connectivity index (χ2v) is 5.46. The molecule has 0 aliphatic heterocycles. The van der Waals surface area contributed by atoms with Crippen molar-refractivity contribution in [1.82, 2.24) is 14.4 Å². The number of rotatable bonds is 2. The highest BCUT2D eigenvalue weighted by atomic mass is 79.9. The highest BCUT2D eigenvalue weighted by molar-refractivity contribution is 9.10. The standard InChI is InChI=1S/C14H10BrF3N4/c1-21(10-4-2-3-9(7-10)14(16,17)18)13-12-19-5-6-22(12)8-11(15)20-13/h2-8H,1H3. The van der Waals surface area contributed by atoms with E-state index >= 15 is 0 Å². The van der Waals surface area contributed by atoms with Gasteiger partial charge in [-0.25, -0.2) is 9.97 Å². The SMILES string of the molecule is CN(c1cccc(C(F)(F)F)c1)c1nc(Br)cn2ccnc12. The summed E-state index contributed by atoms with van der Waals surface area (Å²) in [4.78, 5) is 10.1. The largest absolute Gasteiger partial charge is 0.416 e. The first-order chi connectivity index (χ1) is 10.4. The van der Waals surface area contributed by atoms with Crippen LogP contribution in [0.15, 0.2) is 47.5 Å². The van der Waals surface area contributed by atoms with E-state index in [1.54, 1.807) is 41.0 Å². The molecule has 0 aliphatic rings. The van der Waals surface area contributed by atoms with Crippen molar-refractivity contribution in [3.05, 3.63) is 53.0 Å². The molecule has 2 heterocycles. The summed E-state index contributed by atoms with van der Waals surface area (Å²) < 4.78 is 40.8. The maximum atomic E-state index is 12.8. The lowest BCUT2D eigenvalue weighted by atomic mass is 10.2. The van der Waals surface area contributed by atoms with Gasteiger partial charge in [0.05, 0.1) is 5.56 Å². The summed E-state index contributed by atoms with van der Waals surface area (Å²) >= 11 is 3.29. The zero-order chi connectivity index (χ0) is 15.9. The molecule has 2 aromatic heterocycles. The van der Waals surface area contributed by atoms with Crippen LogP contribution in [-0.2, 0) is 6.18 Å². The van der Waals surface area contributed by atoms with Crippen LogP contribution in [0.25, 0.3) is 5.65 Å². The third-order valence-electron chi connectivity index (χ3n) is 3.21. The van der Waals surface area contributed by atoms with Crippen LogP contribution in [0.5, 0.6) is 0 Å². The van der Waals surface area contributed by atoms with Gasteiger partial charge in [-0.1, -0.05) is 6.07 Å². The monoisotopic (exact) mass is 370 g/mol. The number of nitrogens with zero attached hydrogens (tertiary/aromatic N) is 4. The molecule has 0 bridgehead atoms. The molecule has 3 aromatic rings. The predicted molar refractivity (Wildman–Crippen MR) is 80.2 cm³/mol. The molecule has 3 rings (SSSR count). The van der Waals surface area contributed by atoms with E-state index in [-0.39, 0.29) is 0 Å². The summed E-state index contributed by atoms with van der Waals surface area (Å²) in [5.41, 5.74) is 0.236. The maximum absolute atomic E-state index is 12.8.